The Hall–Kier alpha value is -2.51. The van der Waals surface area contributed by atoms with Crippen LogP contribution >= 0.6 is 0 Å². The minimum Gasteiger partial charge on any atom is -0.507 e. The number of rotatable bonds is 1. The van der Waals surface area contributed by atoms with Crippen LogP contribution in [0.1, 0.15) is 66.0 Å². The largest absolute Gasteiger partial charge is 0.507 e. The van der Waals surface area contributed by atoms with Crippen molar-refractivity contribution in [3.63, 3.8) is 0 Å². The molecule has 3 heterocycles. The predicted octanol–water partition coefficient (Wildman–Crippen LogP) is 7.45. The van der Waals surface area contributed by atoms with Gasteiger partial charge in [0.25, 0.3) is 0 Å². The number of hydrogen-bond acceptors (Lipinski definition) is 6. The van der Waals surface area contributed by atoms with Gasteiger partial charge in [-0.05, 0) is 35.4 Å². The van der Waals surface area contributed by atoms with E-state index in [2.05, 4.69) is 7.05 Å². The van der Waals surface area contributed by atoms with Gasteiger partial charge in [-0.15, -0.1) is 0 Å². The predicted molar refractivity (Wildman–Crippen MR) is 174 cm³/mol. The van der Waals surface area contributed by atoms with E-state index in [0.29, 0.717) is 30.2 Å². The second-order valence-electron chi connectivity index (χ2n) is 8.36. The van der Waals surface area contributed by atoms with E-state index in [9.17, 15) is 24.3 Å². The molecule has 2 aliphatic heterocycles. The number of para-hydroxylation sites is 3. The molecule has 0 bridgehead atoms. The zero-order valence-corrected chi connectivity index (χ0v) is 33.0. The van der Waals surface area contributed by atoms with E-state index in [4.69, 9.17) is 4.42 Å². The molecule has 10 heteroatoms. The van der Waals surface area contributed by atoms with E-state index >= 15 is 0 Å². The van der Waals surface area contributed by atoms with E-state index in [1.807, 2.05) is 90.1 Å². The number of aromatic hydroxyl groups is 1. The molecule has 3 aromatic carbocycles. The van der Waals surface area contributed by atoms with Crippen molar-refractivity contribution in [1.29, 1.82) is 0 Å². The average Bonchev–Trinajstić information content (AvgIpc) is 3.54. The molecule has 236 valence electrons. The number of fused-ring (bicyclic) bond motifs is 3. The molecule has 0 unspecified atom stereocenters. The summed E-state index contributed by atoms with van der Waals surface area (Å²) in [5, 5.41) is 9.84. The summed E-state index contributed by atoms with van der Waals surface area (Å²) in [6, 6.07) is 23.0. The van der Waals surface area contributed by atoms with Gasteiger partial charge in [0, 0.05) is 77.5 Å². The summed E-state index contributed by atoms with van der Waals surface area (Å²) < 4.78 is 4.83. The van der Waals surface area contributed by atoms with Crippen molar-refractivity contribution in [2.45, 2.75) is 67.7 Å². The summed E-state index contributed by atoms with van der Waals surface area (Å²) in [6.07, 6.45) is 1.21. The Morgan fingerprint density at radius 2 is 1.22 bits per heavy atom. The number of nitrogens with zero attached hydrogens (tertiary/aromatic N) is 2. The molecule has 0 atom stereocenters. The van der Waals surface area contributed by atoms with Crippen molar-refractivity contribution in [3.05, 3.63) is 107 Å². The standard InChI is InChI=1S/C11H11NO2.C9H8NO.C9H6O3.3C2H6.2Y/c1-2-10(13)12-9-6-4-3-5-8(9)7-11(12)14;1-10-8-5-3-2-4-7(8)6-9(10)11;10-7-5-9(11)12-8-4-2-1-3-6(7)8;3*1-2;;/h3-6H,2,7H2,1H3;2-5H,1,6H2;1-5,10H;3*1-2H3;;/q;-1;;;;;;. The molecule has 3 amide bonds. The zero-order chi connectivity index (χ0) is 32.5. The molecule has 2 radical (unpaired) electrons. The van der Waals surface area contributed by atoms with Crippen LogP contribution in [-0.2, 0) is 92.6 Å². The summed E-state index contributed by atoms with van der Waals surface area (Å²) in [7, 11) is 3.64. The number of carbonyl (C=O) groups excluding carboxylic acids is 3. The Kier molecular flexibility index (Phi) is 23.6. The summed E-state index contributed by atoms with van der Waals surface area (Å²) in [4.78, 5) is 47.6. The molecule has 0 spiro atoms. The molecule has 2 aliphatic rings. The van der Waals surface area contributed by atoms with Gasteiger partial charge in [0.15, 0.2) is 0 Å². The quantitative estimate of drug-likeness (QED) is 0.159. The fourth-order valence-corrected chi connectivity index (χ4v) is 4.10. The van der Waals surface area contributed by atoms with Crippen molar-refractivity contribution in [2.24, 2.45) is 0 Å². The summed E-state index contributed by atoms with van der Waals surface area (Å²) in [6.45, 7) is 13.8. The molecule has 45 heavy (non-hydrogen) atoms. The van der Waals surface area contributed by atoms with Crippen LogP contribution in [0, 0.1) is 7.05 Å². The minimum absolute atomic E-state index is 0. The number of hydrogen-bond donors (Lipinski definition) is 1. The van der Waals surface area contributed by atoms with Gasteiger partial charge in [-0.3, -0.25) is 19.3 Å². The maximum atomic E-state index is 11.5. The van der Waals surface area contributed by atoms with Gasteiger partial charge >= 0.3 is 5.63 Å². The summed E-state index contributed by atoms with van der Waals surface area (Å²) >= 11 is 0. The van der Waals surface area contributed by atoms with E-state index in [0.717, 1.165) is 28.6 Å². The third-order valence-electron chi connectivity index (χ3n) is 5.93. The van der Waals surface area contributed by atoms with Crippen LogP contribution in [0.3, 0.4) is 0 Å². The first-order chi connectivity index (χ1) is 20.8. The molecule has 0 fully saturated rings. The van der Waals surface area contributed by atoms with Gasteiger partial charge in [0.2, 0.25) is 17.7 Å². The third kappa shape index (κ3) is 12.3. The fraction of sp³-hybridized carbons (Fsp3) is 0.286. The van der Waals surface area contributed by atoms with Crippen molar-refractivity contribution in [3.8, 4) is 5.75 Å². The van der Waals surface area contributed by atoms with Crippen LogP contribution in [-0.4, -0.2) is 22.8 Å². The molecule has 0 saturated carbocycles. The van der Waals surface area contributed by atoms with Gasteiger partial charge in [-0.2, -0.15) is 0 Å². The van der Waals surface area contributed by atoms with Crippen LogP contribution in [0.2, 0.25) is 0 Å². The Bertz CT molecular complexity index is 1550. The topological polar surface area (TPSA) is 108 Å². The first-order valence-corrected chi connectivity index (χ1v) is 14.7. The van der Waals surface area contributed by atoms with Gasteiger partial charge in [-0.25, -0.2) is 11.8 Å². The van der Waals surface area contributed by atoms with Crippen LogP contribution in [0.25, 0.3) is 11.0 Å². The molecule has 4 aromatic rings. The normalized spacial score (nSPS) is 11.4. The molecule has 0 saturated heterocycles. The first kappa shape index (κ1) is 44.6. The molecule has 6 rings (SSSR count). The Balaban J connectivity index is 0. The fourth-order valence-electron chi connectivity index (χ4n) is 4.10. The van der Waals surface area contributed by atoms with Gasteiger partial charge in [0.05, 0.1) is 30.0 Å². The van der Waals surface area contributed by atoms with E-state index < -0.39 is 5.63 Å². The van der Waals surface area contributed by atoms with Crippen LogP contribution in [0.4, 0.5) is 11.4 Å². The van der Waals surface area contributed by atoms with Gasteiger partial charge in [0.1, 0.15) is 11.3 Å². The molecule has 1 N–H and O–H groups in total. The number of carbonyl (C=O) groups is 3. The average molecular weight is 766 g/mol. The Morgan fingerprint density at radius 3 is 1.78 bits per heavy atom. The Morgan fingerprint density at radius 1 is 0.756 bits per heavy atom. The molecule has 0 aliphatic carbocycles. The smallest absolute Gasteiger partial charge is 0.339 e. The third-order valence-corrected chi connectivity index (χ3v) is 5.93. The number of benzene rings is 3. The van der Waals surface area contributed by atoms with E-state index in [-0.39, 0.29) is 88.9 Å². The maximum absolute atomic E-state index is 11.5. The van der Waals surface area contributed by atoms with E-state index in [1.165, 1.54) is 9.80 Å². The molecular weight excluding hydrogens is 722 g/mol. The molecule has 1 aromatic heterocycles. The van der Waals surface area contributed by atoms with Crippen molar-refractivity contribution < 1.29 is 89.3 Å². The maximum Gasteiger partial charge on any atom is 0.339 e. The SMILES string of the molecule is CC.CC.CC.CCC(=O)N1C(=O)Cc2ccccc21.O=c1cc(O)c2ccccc2o1.[CH2-]N1C(=O)Cc2ccccc21.[Y].[Y]. The van der Waals surface area contributed by atoms with Gasteiger partial charge < -0.3 is 14.4 Å². The number of amides is 3. The minimum atomic E-state index is -0.536. The number of anilines is 2. The Labute approximate surface area is 317 Å². The summed E-state index contributed by atoms with van der Waals surface area (Å²) in [5.74, 6) is -0.203. The monoisotopic (exact) mass is 765 g/mol. The van der Waals surface area contributed by atoms with E-state index in [1.54, 1.807) is 31.2 Å². The zero-order valence-electron chi connectivity index (χ0n) is 27.4. The van der Waals surface area contributed by atoms with Gasteiger partial charge in [-0.1, -0.05) is 97.0 Å². The second kappa shape index (κ2) is 23.8. The first-order valence-electron chi connectivity index (χ1n) is 14.7. The van der Waals surface area contributed by atoms with Crippen molar-refractivity contribution in [2.75, 3.05) is 9.80 Å². The van der Waals surface area contributed by atoms with Crippen LogP contribution < -0.4 is 15.4 Å². The van der Waals surface area contributed by atoms with Crippen molar-refractivity contribution in [1.82, 2.24) is 0 Å². The van der Waals surface area contributed by atoms with Crippen LogP contribution in [0.15, 0.2) is 88.1 Å². The second-order valence-corrected chi connectivity index (χ2v) is 8.36. The molecule has 8 nitrogen and oxygen atoms in total. The summed E-state index contributed by atoms with van der Waals surface area (Å²) in [5.41, 5.74) is 3.59. The van der Waals surface area contributed by atoms with Crippen molar-refractivity contribution >= 4 is 40.1 Å². The molecular formula is C35H43N2O6Y2-. The van der Waals surface area contributed by atoms with Crippen LogP contribution in [0.5, 0.6) is 5.75 Å². The number of imide groups is 1.